The van der Waals surface area contributed by atoms with E-state index in [1.54, 1.807) is 0 Å². The van der Waals surface area contributed by atoms with Crippen molar-refractivity contribution in [2.24, 2.45) is 5.41 Å². The van der Waals surface area contributed by atoms with Crippen molar-refractivity contribution in [2.75, 3.05) is 5.32 Å². The lowest BCUT2D eigenvalue weighted by Crippen LogP contribution is -2.40. The van der Waals surface area contributed by atoms with Crippen LogP contribution in [0.5, 0.6) is 0 Å². The van der Waals surface area contributed by atoms with Crippen molar-refractivity contribution >= 4 is 11.6 Å². The predicted octanol–water partition coefficient (Wildman–Crippen LogP) is 5.64. The summed E-state index contributed by atoms with van der Waals surface area (Å²) in [4.78, 5) is 13.2. The number of rotatable bonds is 4. The van der Waals surface area contributed by atoms with Crippen LogP contribution in [0.1, 0.15) is 50.8 Å². The van der Waals surface area contributed by atoms with Gasteiger partial charge in [0.1, 0.15) is 0 Å². The highest BCUT2D eigenvalue weighted by Gasteiger charge is 2.38. The third-order valence-electron chi connectivity index (χ3n) is 4.38. The summed E-state index contributed by atoms with van der Waals surface area (Å²) in [6.07, 6.45) is 0.779. The minimum absolute atomic E-state index is 0.0459. The highest BCUT2D eigenvalue weighted by Crippen LogP contribution is 2.37. The maximum Gasteiger partial charge on any atom is 0.234 e. The Labute approximate surface area is 146 Å². The number of hydrogen-bond acceptors (Lipinski definition) is 1. The molecule has 0 bridgehead atoms. The van der Waals surface area contributed by atoms with Gasteiger partial charge in [-0.1, -0.05) is 68.3 Å². The molecule has 1 amide bonds. The van der Waals surface area contributed by atoms with Crippen LogP contribution in [-0.4, -0.2) is 5.91 Å². The highest BCUT2D eigenvalue weighted by molar-refractivity contribution is 5.99. The van der Waals surface area contributed by atoms with Gasteiger partial charge < -0.3 is 5.32 Å². The molecule has 0 radical (unpaired) electrons. The summed E-state index contributed by atoms with van der Waals surface area (Å²) in [7, 11) is 0. The molecule has 0 aliphatic rings. The summed E-state index contributed by atoms with van der Waals surface area (Å²) in [5, 5.41) is 3.11. The van der Waals surface area contributed by atoms with Crippen LogP contribution in [-0.2, 0) is 10.2 Å². The van der Waals surface area contributed by atoms with E-state index in [0.717, 1.165) is 17.7 Å². The molecule has 0 aliphatic heterocycles. The number of amides is 1. The number of anilines is 1. The Hall–Kier alpha value is -2.09. The Bertz CT molecular complexity index is 692. The van der Waals surface area contributed by atoms with E-state index in [1.807, 2.05) is 38.1 Å². The third-order valence-corrected chi connectivity index (χ3v) is 4.38. The molecule has 128 valence electrons. The van der Waals surface area contributed by atoms with Gasteiger partial charge >= 0.3 is 0 Å². The van der Waals surface area contributed by atoms with Crippen LogP contribution in [0.25, 0.3) is 0 Å². The fourth-order valence-electron chi connectivity index (χ4n) is 3.20. The molecule has 0 aliphatic carbocycles. The first-order valence-electron chi connectivity index (χ1n) is 8.55. The van der Waals surface area contributed by atoms with E-state index < -0.39 is 5.41 Å². The van der Waals surface area contributed by atoms with Gasteiger partial charge in [-0.25, -0.2) is 0 Å². The van der Waals surface area contributed by atoms with E-state index in [4.69, 9.17) is 0 Å². The van der Waals surface area contributed by atoms with Gasteiger partial charge in [-0.15, -0.1) is 0 Å². The van der Waals surface area contributed by atoms with E-state index in [1.165, 1.54) is 11.1 Å². The summed E-state index contributed by atoms with van der Waals surface area (Å²) >= 11 is 0. The summed E-state index contributed by atoms with van der Waals surface area (Å²) in [5.41, 5.74) is 3.77. The molecule has 1 atom stereocenters. The van der Waals surface area contributed by atoms with Gasteiger partial charge in [-0.2, -0.15) is 0 Å². The molecule has 0 heterocycles. The van der Waals surface area contributed by atoms with Crippen molar-refractivity contribution in [3.8, 4) is 0 Å². The molecule has 2 heteroatoms. The number of nitrogens with one attached hydrogen (secondary N) is 1. The predicted molar refractivity (Wildman–Crippen MR) is 102 cm³/mol. The molecule has 0 spiro atoms. The minimum atomic E-state index is -0.573. The smallest absolute Gasteiger partial charge is 0.234 e. The molecule has 2 aromatic carbocycles. The average Bonchev–Trinajstić information content (AvgIpc) is 2.48. The second-order valence-corrected chi connectivity index (χ2v) is 8.26. The van der Waals surface area contributed by atoms with Crippen molar-refractivity contribution in [2.45, 2.75) is 53.4 Å². The zero-order valence-electron chi connectivity index (χ0n) is 15.7. The fourth-order valence-corrected chi connectivity index (χ4v) is 3.20. The second-order valence-electron chi connectivity index (χ2n) is 8.26. The van der Waals surface area contributed by atoms with Crippen LogP contribution in [0.2, 0.25) is 0 Å². The molecule has 0 saturated heterocycles. The Morgan fingerprint density at radius 3 is 1.75 bits per heavy atom. The van der Waals surface area contributed by atoms with Crippen LogP contribution in [0.15, 0.2) is 48.5 Å². The maximum atomic E-state index is 13.2. The molecule has 24 heavy (non-hydrogen) atoms. The largest absolute Gasteiger partial charge is 0.325 e. The van der Waals surface area contributed by atoms with Crippen molar-refractivity contribution in [1.82, 2.24) is 0 Å². The first-order valence-corrected chi connectivity index (χ1v) is 8.55. The van der Waals surface area contributed by atoms with Crippen molar-refractivity contribution in [1.29, 1.82) is 0 Å². The zero-order valence-corrected chi connectivity index (χ0v) is 15.7. The highest BCUT2D eigenvalue weighted by atomic mass is 16.2. The summed E-state index contributed by atoms with van der Waals surface area (Å²) in [6.45, 7) is 12.7. The van der Waals surface area contributed by atoms with Gasteiger partial charge in [-0.05, 0) is 50.3 Å². The summed E-state index contributed by atoms with van der Waals surface area (Å²) in [5.74, 6) is 0.0464. The lowest BCUT2D eigenvalue weighted by molar-refractivity contribution is -0.122. The molecule has 2 nitrogen and oxygen atoms in total. The number of carbonyl (C=O) groups excluding carboxylic acids is 1. The Balaban J connectivity index is 2.35. The van der Waals surface area contributed by atoms with Crippen LogP contribution in [0.4, 0.5) is 5.69 Å². The first kappa shape index (κ1) is 18.3. The average molecular weight is 323 g/mol. The number of carbonyl (C=O) groups is 1. The molecule has 1 N–H and O–H groups in total. The number of aryl methyl sites for hydroxylation is 2. The van der Waals surface area contributed by atoms with Gasteiger partial charge in [0, 0.05) is 5.69 Å². The lowest BCUT2D eigenvalue weighted by Gasteiger charge is -2.35. The van der Waals surface area contributed by atoms with E-state index in [0.29, 0.717) is 0 Å². The van der Waals surface area contributed by atoms with Crippen LogP contribution < -0.4 is 5.32 Å². The van der Waals surface area contributed by atoms with Crippen molar-refractivity contribution < 1.29 is 4.79 Å². The van der Waals surface area contributed by atoms with Crippen LogP contribution in [0.3, 0.4) is 0 Å². The molecule has 2 rings (SSSR count). The molecular formula is C22H29NO. The Morgan fingerprint density at radius 1 is 0.833 bits per heavy atom. The zero-order chi connectivity index (χ0) is 18.0. The molecule has 0 aromatic heterocycles. The minimum Gasteiger partial charge on any atom is -0.325 e. The fraction of sp³-hybridized carbons (Fsp3) is 0.409. The molecule has 2 aromatic rings. The summed E-state index contributed by atoms with van der Waals surface area (Å²) in [6, 6.07) is 16.3. The van der Waals surface area contributed by atoms with Crippen molar-refractivity contribution in [3.63, 3.8) is 0 Å². The number of hydrogen-bond donors (Lipinski definition) is 1. The van der Waals surface area contributed by atoms with Gasteiger partial charge in [0.05, 0.1) is 5.41 Å². The monoisotopic (exact) mass is 323 g/mol. The van der Waals surface area contributed by atoms with Gasteiger partial charge in [-0.3, -0.25) is 4.79 Å². The first-order chi connectivity index (χ1) is 11.1. The molecule has 0 fully saturated rings. The molecule has 0 unspecified atom stereocenters. The lowest BCUT2D eigenvalue weighted by atomic mass is 9.70. The SMILES string of the molecule is Cc1ccc(NC(=O)[C@](C)(CC(C)(C)C)c2ccc(C)cc2)cc1. The topological polar surface area (TPSA) is 29.1 Å². The second kappa shape index (κ2) is 6.80. The Kier molecular flexibility index (Phi) is 5.17. The molecule has 0 saturated carbocycles. The normalized spacial score (nSPS) is 14.1. The quantitative estimate of drug-likeness (QED) is 0.775. The summed E-state index contributed by atoms with van der Waals surface area (Å²) < 4.78 is 0. The van der Waals surface area contributed by atoms with E-state index >= 15 is 0 Å². The standard InChI is InChI=1S/C22H29NO/c1-16-7-11-18(12-8-16)22(6,15-21(3,4)5)20(24)23-19-13-9-17(2)10-14-19/h7-14H,15H2,1-6H3,(H,23,24)/t22-/m1/s1. The Morgan fingerprint density at radius 2 is 1.29 bits per heavy atom. The van der Waals surface area contributed by atoms with E-state index in [2.05, 4.69) is 57.3 Å². The van der Waals surface area contributed by atoms with Crippen LogP contribution in [0, 0.1) is 19.3 Å². The molecular weight excluding hydrogens is 294 g/mol. The van der Waals surface area contributed by atoms with Gasteiger partial charge in [0.25, 0.3) is 0 Å². The van der Waals surface area contributed by atoms with Gasteiger partial charge in [0.15, 0.2) is 0 Å². The van der Waals surface area contributed by atoms with Crippen LogP contribution >= 0.6 is 0 Å². The van der Waals surface area contributed by atoms with E-state index in [-0.39, 0.29) is 11.3 Å². The van der Waals surface area contributed by atoms with E-state index in [9.17, 15) is 4.79 Å². The van der Waals surface area contributed by atoms with Crippen molar-refractivity contribution in [3.05, 3.63) is 65.2 Å². The number of benzene rings is 2. The third kappa shape index (κ3) is 4.47. The van der Waals surface area contributed by atoms with Gasteiger partial charge in [0.2, 0.25) is 5.91 Å². The maximum absolute atomic E-state index is 13.2.